The van der Waals surface area contributed by atoms with Crippen molar-refractivity contribution >= 4 is 18.0 Å². The molecule has 0 aliphatic heterocycles. The van der Waals surface area contributed by atoms with Gasteiger partial charge in [-0.3, -0.25) is 0 Å². The Morgan fingerprint density at radius 3 is 2.87 bits per heavy atom. The van der Waals surface area contributed by atoms with E-state index in [2.05, 4.69) is 10.3 Å². The second kappa shape index (κ2) is 8.61. The number of rotatable bonds is 8. The minimum atomic E-state index is 0.238. The van der Waals surface area contributed by atoms with Gasteiger partial charge in [0.25, 0.3) is 0 Å². The number of aromatic nitrogens is 1. The number of anilines is 1. The monoisotopic (exact) mass is 313 g/mol. The molecule has 120 valence electrons. The van der Waals surface area contributed by atoms with Gasteiger partial charge in [0.1, 0.15) is 11.8 Å². The molecule has 0 aliphatic carbocycles. The first kappa shape index (κ1) is 16.6. The minimum absolute atomic E-state index is 0.238. The average molecular weight is 313 g/mol. The largest absolute Gasteiger partial charge is 0.496 e. The number of hydrogen-bond acceptors (Lipinski definition) is 6. The van der Waals surface area contributed by atoms with Gasteiger partial charge < -0.3 is 19.2 Å². The summed E-state index contributed by atoms with van der Waals surface area (Å²) in [4.78, 5) is 4.15. The molecule has 0 spiro atoms. The van der Waals surface area contributed by atoms with Crippen LogP contribution in [-0.2, 0) is 4.74 Å². The number of hydrogen-bond donors (Lipinski definition) is 1. The number of benzene rings is 1. The SMILES string of the molecule is COCCCNc1oc(/C=C/c2ccccc2OC)nc1C#N. The minimum Gasteiger partial charge on any atom is -0.496 e. The molecule has 23 heavy (non-hydrogen) atoms. The van der Waals surface area contributed by atoms with E-state index in [1.54, 1.807) is 20.3 Å². The van der Waals surface area contributed by atoms with Gasteiger partial charge >= 0.3 is 0 Å². The number of ether oxygens (including phenoxy) is 2. The number of oxazole rings is 1. The van der Waals surface area contributed by atoms with Crippen LogP contribution >= 0.6 is 0 Å². The Balaban J connectivity index is 2.10. The van der Waals surface area contributed by atoms with E-state index in [-0.39, 0.29) is 5.69 Å². The fourth-order valence-corrected chi connectivity index (χ4v) is 1.99. The molecule has 6 heteroatoms. The van der Waals surface area contributed by atoms with Gasteiger partial charge in [-0.2, -0.15) is 10.2 Å². The van der Waals surface area contributed by atoms with Gasteiger partial charge in [-0.25, -0.2) is 0 Å². The maximum absolute atomic E-state index is 9.12. The fourth-order valence-electron chi connectivity index (χ4n) is 1.99. The van der Waals surface area contributed by atoms with E-state index in [4.69, 9.17) is 19.2 Å². The smallest absolute Gasteiger partial charge is 0.232 e. The van der Waals surface area contributed by atoms with Gasteiger partial charge in [-0.05, 0) is 18.6 Å². The summed E-state index contributed by atoms with van der Waals surface area (Å²) in [5.74, 6) is 1.50. The third-order valence-electron chi connectivity index (χ3n) is 3.10. The van der Waals surface area contributed by atoms with Crippen molar-refractivity contribution in [3.8, 4) is 11.8 Å². The highest BCUT2D eigenvalue weighted by Gasteiger charge is 2.10. The summed E-state index contributed by atoms with van der Waals surface area (Å²) in [6, 6.07) is 9.64. The van der Waals surface area contributed by atoms with E-state index in [9.17, 15) is 0 Å². The number of para-hydroxylation sites is 1. The number of nitrogens with one attached hydrogen (secondary N) is 1. The van der Waals surface area contributed by atoms with Crippen molar-refractivity contribution in [1.82, 2.24) is 4.98 Å². The summed E-state index contributed by atoms with van der Waals surface area (Å²) in [6.07, 6.45) is 4.36. The Labute approximate surface area is 135 Å². The second-order valence-corrected chi connectivity index (χ2v) is 4.69. The highest BCUT2D eigenvalue weighted by atomic mass is 16.5. The average Bonchev–Trinajstić information content (AvgIpc) is 2.99. The van der Waals surface area contributed by atoms with Crippen LogP contribution in [0.3, 0.4) is 0 Å². The molecule has 0 unspecified atom stereocenters. The molecular formula is C17H19N3O3. The third-order valence-corrected chi connectivity index (χ3v) is 3.10. The van der Waals surface area contributed by atoms with Gasteiger partial charge in [0.2, 0.25) is 17.5 Å². The van der Waals surface area contributed by atoms with Gasteiger partial charge in [0.05, 0.1) is 7.11 Å². The molecule has 0 bridgehead atoms. The zero-order chi connectivity index (χ0) is 16.5. The Hall–Kier alpha value is -2.78. The van der Waals surface area contributed by atoms with E-state index in [1.165, 1.54) is 0 Å². The molecule has 6 nitrogen and oxygen atoms in total. The van der Waals surface area contributed by atoms with Crippen molar-refractivity contribution in [2.24, 2.45) is 0 Å². The number of methoxy groups -OCH3 is 2. The van der Waals surface area contributed by atoms with Crippen molar-refractivity contribution in [2.75, 3.05) is 32.7 Å². The highest BCUT2D eigenvalue weighted by molar-refractivity contribution is 5.70. The summed E-state index contributed by atoms with van der Waals surface area (Å²) in [5.41, 5.74) is 1.14. The Morgan fingerprint density at radius 2 is 2.13 bits per heavy atom. The molecule has 0 amide bonds. The second-order valence-electron chi connectivity index (χ2n) is 4.69. The molecule has 0 radical (unpaired) electrons. The fraction of sp³-hybridized carbons (Fsp3) is 0.294. The van der Waals surface area contributed by atoms with Crippen molar-refractivity contribution in [2.45, 2.75) is 6.42 Å². The molecular weight excluding hydrogens is 294 g/mol. The first-order valence-corrected chi connectivity index (χ1v) is 7.23. The number of nitriles is 1. The summed E-state index contributed by atoms with van der Waals surface area (Å²) in [5, 5.41) is 12.2. The highest BCUT2D eigenvalue weighted by Crippen LogP contribution is 2.22. The Bertz CT molecular complexity index is 701. The summed E-state index contributed by atoms with van der Waals surface area (Å²) in [7, 11) is 3.27. The molecule has 1 N–H and O–H groups in total. The molecule has 0 atom stereocenters. The first-order valence-electron chi connectivity index (χ1n) is 7.23. The summed E-state index contributed by atoms with van der Waals surface area (Å²) >= 11 is 0. The van der Waals surface area contributed by atoms with Crippen LogP contribution in [0.2, 0.25) is 0 Å². The third kappa shape index (κ3) is 4.59. The molecule has 0 saturated carbocycles. The van der Waals surface area contributed by atoms with E-state index in [1.807, 2.05) is 36.4 Å². The predicted molar refractivity (Wildman–Crippen MR) is 88.1 cm³/mol. The lowest BCUT2D eigenvalue weighted by Crippen LogP contribution is -2.04. The molecule has 1 aromatic heterocycles. The van der Waals surface area contributed by atoms with Crippen LogP contribution in [0, 0.1) is 11.3 Å². The van der Waals surface area contributed by atoms with Gasteiger partial charge in [0, 0.05) is 31.9 Å². The van der Waals surface area contributed by atoms with Crippen molar-refractivity contribution < 1.29 is 13.9 Å². The Morgan fingerprint density at radius 1 is 1.30 bits per heavy atom. The van der Waals surface area contributed by atoms with Crippen LogP contribution in [0.25, 0.3) is 12.2 Å². The van der Waals surface area contributed by atoms with Gasteiger partial charge in [0.15, 0.2) is 0 Å². The lowest BCUT2D eigenvalue weighted by Gasteiger charge is -2.02. The zero-order valence-corrected chi connectivity index (χ0v) is 13.2. The van der Waals surface area contributed by atoms with Crippen LogP contribution < -0.4 is 10.1 Å². The van der Waals surface area contributed by atoms with Crippen LogP contribution in [0.4, 0.5) is 5.88 Å². The topological polar surface area (TPSA) is 80.3 Å². The van der Waals surface area contributed by atoms with Gasteiger partial charge in [-0.15, -0.1) is 0 Å². The molecule has 2 aromatic rings. The zero-order valence-electron chi connectivity index (χ0n) is 13.2. The maximum atomic E-state index is 9.12. The number of nitrogens with zero attached hydrogens (tertiary/aromatic N) is 2. The lowest BCUT2D eigenvalue weighted by atomic mass is 10.2. The van der Waals surface area contributed by atoms with Crippen LogP contribution in [0.15, 0.2) is 28.7 Å². The molecule has 0 aliphatic rings. The standard InChI is InChI=1S/C17H19N3O3/c1-21-11-5-10-19-17-14(12-18)20-16(23-17)9-8-13-6-3-4-7-15(13)22-2/h3-4,6-9,19H,5,10-11H2,1-2H3/b9-8+. The molecule has 1 heterocycles. The lowest BCUT2D eigenvalue weighted by molar-refractivity contribution is 0.197. The van der Waals surface area contributed by atoms with Gasteiger partial charge in [-0.1, -0.05) is 18.2 Å². The summed E-state index contributed by atoms with van der Waals surface area (Å²) in [6.45, 7) is 1.29. The van der Waals surface area contributed by atoms with Crippen LogP contribution in [0.1, 0.15) is 23.6 Å². The quantitative estimate of drug-likeness (QED) is 0.754. The molecule has 0 fully saturated rings. The maximum Gasteiger partial charge on any atom is 0.232 e. The molecule has 1 aromatic carbocycles. The first-order chi connectivity index (χ1) is 11.3. The normalized spacial score (nSPS) is 10.7. The predicted octanol–water partition coefficient (Wildman–Crippen LogP) is 3.17. The van der Waals surface area contributed by atoms with Crippen molar-refractivity contribution in [3.05, 3.63) is 41.4 Å². The van der Waals surface area contributed by atoms with E-state index < -0.39 is 0 Å². The van der Waals surface area contributed by atoms with E-state index in [0.29, 0.717) is 24.9 Å². The van der Waals surface area contributed by atoms with Crippen LogP contribution in [-0.4, -0.2) is 32.4 Å². The molecule has 2 rings (SSSR count). The van der Waals surface area contributed by atoms with E-state index >= 15 is 0 Å². The van der Waals surface area contributed by atoms with Crippen molar-refractivity contribution in [1.29, 1.82) is 5.26 Å². The van der Waals surface area contributed by atoms with Crippen LogP contribution in [0.5, 0.6) is 5.75 Å². The van der Waals surface area contributed by atoms with Crippen molar-refractivity contribution in [3.63, 3.8) is 0 Å². The summed E-state index contributed by atoms with van der Waals surface area (Å²) < 4.78 is 15.8. The van der Waals surface area contributed by atoms with E-state index in [0.717, 1.165) is 17.7 Å². The molecule has 0 saturated heterocycles. The Kier molecular flexibility index (Phi) is 6.21.